The van der Waals surface area contributed by atoms with Crippen LogP contribution in [0.4, 0.5) is 0 Å². The first-order valence-electron chi connectivity index (χ1n) is 8.15. The van der Waals surface area contributed by atoms with Gasteiger partial charge in [-0.05, 0) is 19.1 Å². The standard InChI is InChI=1S/C16H22N4O5S/c1-11-3-5-13(6-4-11)26(22,23)18-16-14(21)10-25-15(16)8-20-7-12(9-24-2)17-19-20/h3-7,14-16,18,21H,8-10H2,1-2H3/t14-,15+,16+/m0/s1. The van der Waals surface area contributed by atoms with Crippen molar-refractivity contribution in [2.75, 3.05) is 13.7 Å². The summed E-state index contributed by atoms with van der Waals surface area (Å²) in [6.45, 7) is 2.52. The molecule has 3 rings (SSSR count). The number of benzene rings is 1. The van der Waals surface area contributed by atoms with Crippen LogP contribution in [0.5, 0.6) is 0 Å². The van der Waals surface area contributed by atoms with Crippen LogP contribution < -0.4 is 4.72 Å². The molecule has 0 bridgehead atoms. The van der Waals surface area contributed by atoms with Crippen LogP contribution in [0.25, 0.3) is 0 Å². The van der Waals surface area contributed by atoms with E-state index in [1.54, 1.807) is 30.1 Å². The summed E-state index contributed by atoms with van der Waals surface area (Å²) in [5, 5.41) is 18.1. The van der Waals surface area contributed by atoms with Crippen LogP contribution in [-0.4, -0.2) is 60.5 Å². The summed E-state index contributed by atoms with van der Waals surface area (Å²) in [5.74, 6) is 0. The second-order valence-electron chi connectivity index (χ2n) is 6.26. The van der Waals surface area contributed by atoms with Gasteiger partial charge in [0.2, 0.25) is 10.0 Å². The predicted molar refractivity (Wildman–Crippen MR) is 91.8 cm³/mol. The van der Waals surface area contributed by atoms with Crippen molar-refractivity contribution in [1.29, 1.82) is 0 Å². The minimum atomic E-state index is -3.78. The highest BCUT2D eigenvalue weighted by molar-refractivity contribution is 7.89. The Morgan fingerprint density at radius 3 is 2.81 bits per heavy atom. The molecule has 1 saturated heterocycles. The highest BCUT2D eigenvalue weighted by Gasteiger charge is 2.39. The third kappa shape index (κ3) is 4.27. The zero-order valence-corrected chi connectivity index (χ0v) is 15.4. The van der Waals surface area contributed by atoms with Crippen molar-refractivity contribution in [3.05, 3.63) is 41.7 Å². The molecule has 1 aliphatic rings. The fraction of sp³-hybridized carbons (Fsp3) is 0.500. The number of nitrogens with zero attached hydrogens (tertiary/aromatic N) is 3. The van der Waals surface area contributed by atoms with Gasteiger partial charge in [0.05, 0.1) is 49.1 Å². The van der Waals surface area contributed by atoms with Crippen molar-refractivity contribution in [3.63, 3.8) is 0 Å². The van der Waals surface area contributed by atoms with Crippen molar-refractivity contribution >= 4 is 10.0 Å². The molecule has 2 aromatic rings. The van der Waals surface area contributed by atoms with E-state index >= 15 is 0 Å². The normalized spacial score (nSPS) is 23.4. The quantitative estimate of drug-likeness (QED) is 0.684. The molecular formula is C16H22N4O5S. The topological polar surface area (TPSA) is 116 Å². The monoisotopic (exact) mass is 382 g/mol. The summed E-state index contributed by atoms with van der Waals surface area (Å²) in [6.07, 6.45) is 0.188. The number of aryl methyl sites for hydroxylation is 1. The number of aliphatic hydroxyl groups is 1. The van der Waals surface area contributed by atoms with E-state index < -0.39 is 28.3 Å². The lowest BCUT2D eigenvalue weighted by atomic mass is 10.1. The smallest absolute Gasteiger partial charge is 0.240 e. The minimum Gasteiger partial charge on any atom is -0.389 e. The lowest BCUT2D eigenvalue weighted by Gasteiger charge is -2.21. The first-order valence-corrected chi connectivity index (χ1v) is 9.64. The summed E-state index contributed by atoms with van der Waals surface area (Å²) in [5.41, 5.74) is 1.62. The summed E-state index contributed by atoms with van der Waals surface area (Å²) >= 11 is 0. The van der Waals surface area contributed by atoms with E-state index in [4.69, 9.17) is 9.47 Å². The van der Waals surface area contributed by atoms with Gasteiger partial charge in [-0.25, -0.2) is 17.8 Å². The van der Waals surface area contributed by atoms with E-state index in [0.717, 1.165) is 5.56 Å². The van der Waals surface area contributed by atoms with Gasteiger partial charge in [0.1, 0.15) is 5.69 Å². The van der Waals surface area contributed by atoms with Gasteiger partial charge in [0.15, 0.2) is 0 Å². The van der Waals surface area contributed by atoms with Crippen LogP contribution in [0, 0.1) is 6.92 Å². The average Bonchev–Trinajstić information content (AvgIpc) is 3.17. The van der Waals surface area contributed by atoms with E-state index in [1.807, 2.05) is 6.92 Å². The van der Waals surface area contributed by atoms with Crippen molar-refractivity contribution in [2.24, 2.45) is 0 Å². The molecule has 142 valence electrons. The zero-order chi connectivity index (χ0) is 18.7. The van der Waals surface area contributed by atoms with E-state index in [-0.39, 0.29) is 18.0 Å². The zero-order valence-electron chi connectivity index (χ0n) is 14.6. The van der Waals surface area contributed by atoms with Gasteiger partial charge in [-0.15, -0.1) is 5.10 Å². The highest BCUT2D eigenvalue weighted by atomic mass is 32.2. The molecule has 0 aliphatic carbocycles. The van der Waals surface area contributed by atoms with Crippen LogP contribution >= 0.6 is 0 Å². The molecule has 0 saturated carbocycles. The Morgan fingerprint density at radius 1 is 1.38 bits per heavy atom. The molecule has 1 aliphatic heterocycles. The van der Waals surface area contributed by atoms with Gasteiger partial charge in [0, 0.05) is 7.11 Å². The molecule has 10 heteroatoms. The van der Waals surface area contributed by atoms with Crippen LogP contribution in [-0.2, 0) is 32.6 Å². The van der Waals surface area contributed by atoms with Gasteiger partial charge in [-0.3, -0.25) is 0 Å². The number of rotatable bonds is 7. The van der Waals surface area contributed by atoms with E-state index in [9.17, 15) is 13.5 Å². The van der Waals surface area contributed by atoms with Gasteiger partial charge in [-0.2, -0.15) is 0 Å². The molecule has 3 atom stereocenters. The number of aliphatic hydroxyl groups excluding tert-OH is 1. The van der Waals surface area contributed by atoms with Crippen LogP contribution in [0.2, 0.25) is 0 Å². The fourth-order valence-corrected chi connectivity index (χ4v) is 4.09. The molecule has 0 unspecified atom stereocenters. The second kappa shape index (κ2) is 7.80. The molecule has 1 aromatic heterocycles. The van der Waals surface area contributed by atoms with Crippen molar-refractivity contribution < 1.29 is 23.0 Å². The van der Waals surface area contributed by atoms with E-state index in [2.05, 4.69) is 15.0 Å². The Kier molecular flexibility index (Phi) is 5.68. The van der Waals surface area contributed by atoms with Gasteiger partial charge in [0.25, 0.3) is 0 Å². The molecule has 0 spiro atoms. The molecule has 1 fully saturated rings. The van der Waals surface area contributed by atoms with Gasteiger partial charge < -0.3 is 14.6 Å². The molecule has 0 amide bonds. The number of methoxy groups -OCH3 is 1. The summed E-state index contributed by atoms with van der Waals surface area (Å²) in [7, 11) is -2.22. The first-order chi connectivity index (χ1) is 12.4. The SMILES string of the molecule is COCc1cn(C[C@H]2OC[C@H](O)[C@H]2NS(=O)(=O)c2ccc(C)cc2)nn1. The molecule has 2 heterocycles. The molecular weight excluding hydrogens is 360 g/mol. The summed E-state index contributed by atoms with van der Waals surface area (Å²) < 4.78 is 39.9. The molecule has 9 nitrogen and oxygen atoms in total. The minimum absolute atomic E-state index is 0.0470. The molecule has 1 aromatic carbocycles. The fourth-order valence-electron chi connectivity index (χ4n) is 2.79. The van der Waals surface area contributed by atoms with Crippen LogP contribution in [0.1, 0.15) is 11.3 Å². The first kappa shape index (κ1) is 18.9. The number of hydrogen-bond donors (Lipinski definition) is 2. The Bertz CT molecular complexity index is 837. The molecule has 26 heavy (non-hydrogen) atoms. The third-order valence-electron chi connectivity index (χ3n) is 4.16. The number of sulfonamides is 1. The number of hydrogen-bond acceptors (Lipinski definition) is 7. The maximum absolute atomic E-state index is 12.6. The highest BCUT2D eigenvalue weighted by Crippen LogP contribution is 2.20. The Labute approximate surface area is 152 Å². The number of aromatic nitrogens is 3. The van der Waals surface area contributed by atoms with Crippen molar-refractivity contribution in [1.82, 2.24) is 19.7 Å². The van der Waals surface area contributed by atoms with E-state index in [1.165, 1.54) is 12.1 Å². The van der Waals surface area contributed by atoms with Crippen LogP contribution in [0.3, 0.4) is 0 Å². The largest absolute Gasteiger partial charge is 0.389 e. The maximum atomic E-state index is 12.6. The predicted octanol–water partition coefficient (Wildman–Crippen LogP) is -0.160. The number of nitrogens with one attached hydrogen (secondary N) is 1. The van der Waals surface area contributed by atoms with Gasteiger partial charge in [-0.1, -0.05) is 22.9 Å². The number of ether oxygens (including phenoxy) is 2. The maximum Gasteiger partial charge on any atom is 0.240 e. The van der Waals surface area contributed by atoms with Crippen LogP contribution in [0.15, 0.2) is 35.4 Å². The van der Waals surface area contributed by atoms with E-state index in [0.29, 0.717) is 12.3 Å². The third-order valence-corrected chi connectivity index (χ3v) is 5.64. The average molecular weight is 382 g/mol. The van der Waals surface area contributed by atoms with Gasteiger partial charge >= 0.3 is 0 Å². The molecule has 2 N–H and O–H groups in total. The Hall–Kier alpha value is -1.85. The second-order valence-corrected chi connectivity index (χ2v) is 7.98. The lowest BCUT2D eigenvalue weighted by Crippen LogP contribution is -2.47. The van der Waals surface area contributed by atoms with Crippen molar-refractivity contribution in [3.8, 4) is 0 Å². The Balaban J connectivity index is 1.72. The summed E-state index contributed by atoms with van der Waals surface area (Å²) in [4.78, 5) is 0.143. The molecule has 0 radical (unpaired) electrons. The van der Waals surface area contributed by atoms with Crippen molar-refractivity contribution in [2.45, 2.75) is 43.2 Å². The lowest BCUT2D eigenvalue weighted by molar-refractivity contribution is 0.0753. The Morgan fingerprint density at radius 2 is 2.12 bits per heavy atom. The summed E-state index contributed by atoms with van der Waals surface area (Å²) in [6, 6.07) is 5.73.